The van der Waals surface area contributed by atoms with E-state index in [-0.39, 0.29) is 23.7 Å². The van der Waals surface area contributed by atoms with Gasteiger partial charge >= 0.3 is 0 Å². The van der Waals surface area contributed by atoms with E-state index >= 15 is 0 Å². The first kappa shape index (κ1) is 18.3. The molecule has 1 amide bonds. The van der Waals surface area contributed by atoms with Crippen LogP contribution in [-0.4, -0.2) is 24.2 Å². The molecule has 2 atom stereocenters. The van der Waals surface area contributed by atoms with Crippen molar-refractivity contribution in [2.45, 2.75) is 58.9 Å². The molecular weight excluding hydrogens is 314 g/mol. The van der Waals surface area contributed by atoms with Gasteiger partial charge in [0.2, 0.25) is 5.91 Å². The molecule has 0 aromatic carbocycles. The van der Waals surface area contributed by atoms with Gasteiger partial charge in [0.05, 0.1) is 11.1 Å². The number of fused-ring (bicyclic) bond motifs is 1. The molecule has 6 heteroatoms. The number of rotatable bonds is 5. The summed E-state index contributed by atoms with van der Waals surface area (Å²) in [5, 5.41) is 10.7. The first-order valence-corrected chi connectivity index (χ1v) is 8.66. The monoisotopic (exact) mass is 341 g/mol. The molecule has 130 valence electrons. The van der Waals surface area contributed by atoms with Crippen LogP contribution >= 0.6 is 12.4 Å². The Labute approximate surface area is 144 Å². The molecule has 0 unspecified atom stereocenters. The standard InChI is InChI=1S/C17H27N3O2.ClH/c1-3-14-13(15(4-2)22-20-14)10-19-16(21)17-8-6-5-7-12(17)9-18-11-17;/h12,18H,3-11H2,1-2H3,(H,19,21);1H/t12-,17+;/m0./s1. The highest BCUT2D eigenvalue weighted by atomic mass is 35.5. The lowest BCUT2D eigenvalue weighted by molar-refractivity contribution is -0.134. The van der Waals surface area contributed by atoms with Gasteiger partial charge in [-0.3, -0.25) is 4.79 Å². The SMILES string of the molecule is CCc1noc(CC)c1CNC(=O)[C@@]12CCCC[C@H]1CNC2.Cl. The number of amides is 1. The number of hydrogen-bond acceptors (Lipinski definition) is 4. The van der Waals surface area contributed by atoms with Gasteiger partial charge in [-0.25, -0.2) is 0 Å². The molecule has 0 bridgehead atoms. The summed E-state index contributed by atoms with van der Waals surface area (Å²) in [7, 11) is 0. The first-order chi connectivity index (χ1) is 10.7. The number of hydrogen-bond donors (Lipinski definition) is 2. The number of carbonyl (C=O) groups excluding carboxylic acids is 1. The van der Waals surface area contributed by atoms with Crippen LogP contribution in [0.3, 0.4) is 0 Å². The van der Waals surface area contributed by atoms with Crippen LogP contribution in [-0.2, 0) is 24.2 Å². The van der Waals surface area contributed by atoms with Gasteiger partial charge in [0.1, 0.15) is 5.76 Å². The molecule has 1 aromatic heterocycles. The Kier molecular flexibility index (Phi) is 6.09. The van der Waals surface area contributed by atoms with E-state index in [1.165, 1.54) is 19.3 Å². The highest BCUT2D eigenvalue weighted by molar-refractivity contribution is 5.85. The van der Waals surface area contributed by atoms with E-state index in [0.29, 0.717) is 12.5 Å². The Morgan fingerprint density at radius 2 is 2.22 bits per heavy atom. The third-order valence-electron chi connectivity index (χ3n) is 5.52. The molecule has 1 saturated carbocycles. The molecule has 1 aromatic rings. The van der Waals surface area contributed by atoms with Crippen molar-refractivity contribution >= 4 is 18.3 Å². The van der Waals surface area contributed by atoms with Crippen LogP contribution in [0, 0.1) is 11.3 Å². The van der Waals surface area contributed by atoms with Gasteiger partial charge in [-0.15, -0.1) is 12.4 Å². The Morgan fingerprint density at radius 3 is 2.96 bits per heavy atom. The van der Waals surface area contributed by atoms with E-state index in [4.69, 9.17) is 4.52 Å². The summed E-state index contributed by atoms with van der Waals surface area (Å²) in [6, 6.07) is 0. The van der Waals surface area contributed by atoms with E-state index in [0.717, 1.165) is 49.4 Å². The quantitative estimate of drug-likeness (QED) is 0.864. The highest BCUT2D eigenvalue weighted by Gasteiger charge is 2.49. The molecule has 2 aliphatic rings. The Bertz CT molecular complexity index is 524. The average Bonchev–Trinajstić information content (AvgIpc) is 3.16. The molecule has 1 aliphatic carbocycles. The minimum Gasteiger partial charge on any atom is -0.361 e. The predicted octanol–water partition coefficient (Wildman–Crippen LogP) is 2.62. The second-order valence-electron chi connectivity index (χ2n) is 6.65. The third kappa shape index (κ3) is 3.26. The molecule has 2 fully saturated rings. The van der Waals surface area contributed by atoms with Crippen LogP contribution in [0.2, 0.25) is 0 Å². The van der Waals surface area contributed by atoms with Gasteiger partial charge in [-0.05, 0) is 31.7 Å². The fourth-order valence-electron chi connectivity index (χ4n) is 4.17. The Hall–Kier alpha value is -1.07. The summed E-state index contributed by atoms with van der Waals surface area (Å²) in [6.45, 7) is 6.49. The van der Waals surface area contributed by atoms with Crippen LogP contribution in [0.25, 0.3) is 0 Å². The van der Waals surface area contributed by atoms with Crippen LogP contribution in [0.4, 0.5) is 0 Å². The zero-order valence-electron chi connectivity index (χ0n) is 14.1. The van der Waals surface area contributed by atoms with E-state index < -0.39 is 0 Å². The molecule has 0 spiro atoms. The Balaban J connectivity index is 0.00000192. The zero-order chi connectivity index (χ0) is 15.6. The van der Waals surface area contributed by atoms with Crippen molar-refractivity contribution in [2.24, 2.45) is 11.3 Å². The van der Waals surface area contributed by atoms with E-state index in [2.05, 4.69) is 29.6 Å². The van der Waals surface area contributed by atoms with Crippen molar-refractivity contribution in [3.05, 3.63) is 17.0 Å². The summed E-state index contributed by atoms with van der Waals surface area (Å²) in [6.07, 6.45) is 6.26. The minimum absolute atomic E-state index is 0. The summed E-state index contributed by atoms with van der Waals surface area (Å²) in [4.78, 5) is 12.9. The van der Waals surface area contributed by atoms with E-state index in [1.54, 1.807) is 0 Å². The minimum atomic E-state index is -0.186. The van der Waals surface area contributed by atoms with Gasteiger partial charge in [0.25, 0.3) is 0 Å². The van der Waals surface area contributed by atoms with Crippen LogP contribution < -0.4 is 10.6 Å². The molecule has 1 saturated heterocycles. The largest absolute Gasteiger partial charge is 0.361 e. The van der Waals surface area contributed by atoms with Crippen LogP contribution in [0.5, 0.6) is 0 Å². The van der Waals surface area contributed by atoms with Gasteiger partial charge in [-0.1, -0.05) is 31.8 Å². The second-order valence-corrected chi connectivity index (χ2v) is 6.65. The van der Waals surface area contributed by atoms with Gasteiger partial charge in [0.15, 0.2) is 0 Å². The van der Waals surface area contributed by atoms with Gasteiger partial charge in [0, 0.05) is 25.1 Å². The van der Waals surface area contributed by atoms with Crippen molar-refractivity contribution in [3.8, 4) is 0 Å². The van der Waals surface area contributed by atoms with Crippen molar-refractivity contribution in [1.29, 1.82) is 0 Å². The maximum absolute atomic E-state index is 12.9. The maximum Gasteiger partial charge on any atom is 0.228 e. The summed E-state index contributed by atoms with van der Waals surface area (Å²) in [5.41, 5.74) is 1.86. The molecule has 3 rings (SSSR count). The number of nitrogens with zero attached hydrogens (tertiary/aromatic N) is 1. The van der Waals surface area contributed by atoms with Crippen molar-refractivity contribution in [1.82, 2.24) is 15.8 Å². The summed E-state index contributed by atoms with van der Waals surface area (Å²) in [5.74, 6) is 1.62. The Morgan fingerprint density at radius 1 is 1.39 bits per heavy atom. The van der Waals surface area contributed by atoms with Crippen LogP contribution in [0.1, 0.15) is 56.5 Å². The lowest BCUT2D eigenvalue weighted by Gasteiger charge is -2.37. The fourth-order valence-corrected chi connectivity index (χ4v) is 4.17. The van der Waals surface area contributed by atoms with Gasteiger partial charge < -0.3 is 15.2 Å². The molecule has 0 radical (unpaired) electrons. The number of nitrogens with one attached hydrogen (secondary N) is 2. The molecule has 1 aliphatic heterocycles. The fraction of sp³-hybridized carbons (Fsp3) is 0.765. The van der Waals surface area contributed by atoms with E-state index in [1.807, 2.05) is 0 Å². The first-order valence-electron chi connectivity index (χ1n) is 8.66. The van der Waals surface area contributed by atoms with Crippen molar-refractivity contribution in [3.63, 3.8) is 0 Å². The molecule has 2 N–H and O–H groups in total. The molecule has 5 nitrogen and oxygen atoms in total. The van der Waals surface area contributed by atoms with Crippen LogP contribution in [0.15, 0.2) is 4.52 Å². The number of aromatic nitrogens is 1. The highest BCUT2D eigenvalue weighted by Crippen LogP contribution is 2.43. The molecule has 2 heterocycles. The number of carbonyl (C=O) groups is 1. The van der Waals surface area contributed by atoms with Gasteiger partial charge in [-0.2, -0.15) is 0 Å². The smallest absolute Gasteiger partial charge is 0.228 e. The summed E-state index contributed by atoms with van der Waals surface area (Å²) < 4.78 is 5.38. The third-order valence-corrected chi connectivity index (χ3v) is 5.52. The zero-order valence-corrected chi connectivity index (χ0v) is 14.9. The van der Waals surface area contributed by atoms with Crippen molar-refractivity contribution < 1.29 is 9.32 Å². The number of halogens is 1. The average molecular weight is 342 g/mol. The normalized spacial score (nSPS) is 26.4. The maximum atomic E-state index is 12.9. The lowest BCUT2D eigenvalue weighted by Crippen LogP contribution is -2.47. The lowest BCUT2D eigenvalue weighted by atomic mass is 9.67. The summed E-state index contributed by atoms with van der Waals surface area (Å²) >= 11 is 0. The van der Waals surface area contributed by atoms with E-state index in [9.17, 15) is 4.79 Å². The predicted molar refractivity (Wildman–Crippen MR) is 91.6 cm³/mol. The number of aryl methyl sites for hydroxylation is 2. The topological polar surface area (TPSA) is 67.2 Å². The van der Waals surface area contributed by atoms with Crippen molar-refractivity contribution in [2.75, 3.05) is 13.1 Å². The molecule has 23 heavy (non-hydrogen) atoms. The second kappa shape index (κ2) is 7.67. The molecular formula is C17H28ClN3O2.